The third kappa shape index (κ3) is 6.92. The van der Waals surface area contributed by atoms with Gasteiger partial charge < -0.3 is 20.1 Å². The molecule has 1 aromatic rings. The van der Waals surface area contributed by atoms with Crippen LogP contribution in [0.3, 0.4) is 0 Å². The fourth-order valence-electron chi connectivity index (χ4n) is 2.90. The predicted molar refractivity (Wildman–Crippen MR) is 103 cm³/mol. The van der Waals surface area contributed by atoms with E-state index in [1.807, 2.05) is 12.1 Å². The molecule has 1 saturated heterocycles. The fourth-order valence-corrected chi connectivity index (χ4v) is 2.90. The second kappa shape index (κ2) is 10.5. The van der Waals surface area contributed by atoms with Gasteiger partial charge in [-0.2, -0.15) is 0 Å². The van der Waals surface area contributed by atoms with Gasteiger partial charge in [-0.3, -0.25) is 4.99 Å². The molecule has 26 heavy (non-hydrogen) atoms. The zero-order valence-electron chi connectivity index (χ0n) is 16.2. The van der Waals surface area contributed by atoms with Crippen LogP contribution >= 0.6 is 0 Å². The first-order valence-corrected chi connectivity index (χ1v) is 9.41. The van der Waals surface area contributed by atoms with E-state index in [-0.39, 0.29) is 17.3 Å². The number of nitrogens with one attached hydrogen (secondary N) is 2. The van der Waals surface area contributed by atoms with Crippen molar-refractivity contribution < 1.29 is 13.9 Å². The quantitative estimate of drug-likeness (QED) is 0.401. The summed E-state index contributed by atoms with van der Waals surface area (Å²) in [5.41, 5.74) is 0.958. The average molecular weight is 365 g/mol. The number of hydrogen-bond acceptors (Lipinski definition) is 3. The van der Waals surface area contributed by atoms with Crippen LogP contribution in [0.5, 0.6) is 0 Å². The topological polar surface area (TPSA) is 54.9 Å². The Morgan fingerprint density at radius 1 is 1.31 bits per heavy atom. The number of rotatable bonds is 9. The van der Waals surface area contributed by atoms with E-state index in [9.17, 15) is 4.39 Å². The number of guanidine groups is 1. The molecule has 6 heteroatoms. The molecule has 146 valence electrons. The van der Waals surface area contributed by atoms with Gasteiger partial charge in [-0.15, -0.1) is 0 Å². The monoisotopic (exact) mass is 365 g/mol. The summed E-state index contributed by atoms with van der Waals surface area (Å²) in [7, 11) is 1.76. The fraction of sp³-hybridized carbons (Fsp3) is 0.650. The predicted octanol–water partition coefficient (Wildman–Crippen LogP) is 2.85. The molecule has 1 aromatic carbocycles. The van der Waals surface area contributed by atoms with Crippen molar-refractivity contribution >= 4 is 5.96 Å². The van der Waals surface area contributed by atoms with Crippen LogP contribution in [-0.2, 0) is 14.9 Å². The van der Waals surface area contributed by atoms with Crippen LogP contribution in [0.1, 0.15) is 38.7 Å². The molecule has 1 heterocycles. The van der Waals surface area contributed by atoms with Gasteiger partial charge in [-0.25, -0.2) is 4.39 Å². The van der Waals surface area contributed by atoms with E-state index in [4.69, 9.17) is 9.47 Å². The molecule has 1 atom stereocenters. The minimum atomic E-state index is -0.211. The van der Waals surface area contributed by atoms with E-state index in [0.717, 1.165) is 43.9 Å². The summed E-state index contributed by atoms with van der Waals surface area (Å²) in [4.78, 5) is 4.25. The lowest BCUT2D eigenvalue weighted by molar-refractivity contribution is 0.0168. The second-order valence-electron chi connectivity index (χ2n) is 7.31. The molecule has 0 saturated carbocycles. The SMILES string of the molecule is CN=C(NCCCOCC1CCCO1)NCC(C)(C)c1ccc(F)cc1. The van der Waals surface area contributed by atoms with E-state index >= 15 is 0 Å². The van der Waals surface area contributed by atoms with Gasteiger partial charge in [0, 0.05) is 38.8 Å². The highest BCUT2D eigenvalue weighted by molar-refractivity contribution is 5.79. The molecule has 1 aliphatic heterocycles. The molecule has 0 amide bonds. The van der Waals surface area contributed by atoms with Gasteiger partial charge in [0.2, 0.25) is 0 Å². The number of benzene rings is 1. The molecule has 0 spiro atoms. The first-order valence-electron chi connectivity index (χ1n) is 9.41. The van der Waals surface area contributed by atoms with Gasteiger partial charge in [0.1, 0.15) is 5.82 Å². The van der Waals surface area contributed by atoms with E-state index in [1.165, 1.54) is 12.1 Å². The van der Waals surface area contributed by atoms with Gasteiger partial charge in [-0.1, -0.05) is 26.0 Å². The molecule has 0 aromatic heterocycles. The Labute approximate surface area is 156 Å². The molecule has 1 fully saturated rings. The Kier molecular flexibility index (Phi) is 8.32. The van der Waals surface area contributed by atoms with Gasteiger partial charge in [0.15, 0.2) is 5.96 Å². The highest BCUT2D eigenvalue weighted by atomic mass is 19.1. The Hall–Kier alpha value is -1.66. The molecule has 0 bridgehead atoms. The van der Waals surface area contributed by atoms with Crippen molar-refractivity contribution in [3.63, 3.8) is 0 Å². The third-order valence-electron chi connectivity index (χ3n) is 4.63. The van der Waals surface area contributed by atoms with Crippen molar-refractivity contribution in [3.05, 3.63) is 35.6 Å². The van der Waals surface area contributed by atoms with Crippen LogP contribution in [0, 0.1) is 5.82 Å². The lowest BCUT2D eigenvalue weighted by Crippen LogP contribution is -2.43. The van der Waals surface area contributed by atoms with Gasteiger partial charge in [0.05, 0.1) is 12.7 Å². The van der Waals surface area contributed by atoms with Crippen molar-refractivity contribution in [2.45, 2.75) is 44.6 Å². The largest absolute Gasteiger partial charge is 0.379 e. The normalized spacial score (nSPS) is 18.2. The first kappa shape index (κ1) is 20.6. The smallest absolute Gasteiger partial charge is 0.191 e. The van der Waals surface area contributed by atoms with Crippen molar-refractivity contribution in [3.8, 4) is 0 Å². The maximum atomic E-state index is 13.1. The van der Waals surface area contributed by atoms with Crippen LogP contribution in [0.2, 0.25) is 0 Å². The Morgan fingerprint density at radius 2 is 2.08 bits per heavy atom. The first-order chi connectivity index (χ1) is 12.5. The van der Waals surface area contributed by atoms with Crippen molar-refractivity contribution in [2.75, 3.05) is 40.0 Å². The molecule has 1 unspecified atom stereocenters. The number of nitrogens with zero attached hydrogens (tertiary/aromatic N) is 1. The van der Waals surface area contributed by atoms with Gasteiger partial charge in [-0.05, 0) is 37.0 Å². The van der Waals surface area contributed by atoms with E-state index in [0.29, 0.717) is 19.8 Å². The minimum absolute atomic E-state index is 0.129. The maximum absolute atomic E-state index is 13.1. The molecular formula is C20H32FN3O2. The van der Waals surface area contributed by atoms with Crippen LogP contribution in [-0.4, -0.2) is 52.0 Å². The summed E-state index contributed by atoms with van der Waals surface area (Å²) in [6.45, 7) is 8.02. The Morgan fingerprint density at radius 3 is 2.73 bits per heavy atom. The maximum Gasteiger partial charge on any atom is 0.191 e. The van der Waals surface area contributed by atoms with Crippen LogP contribution in [0.25, 0.3) is 0 Å². The molecule has 5 nitrogen and oxygen atoms in total. The summed E-state index contributed by atoms with van der Waals surface area (Å²) in [5.74, 6) is 0.552. The average Bonchev–Trinajstić information content (AvgIpc) is 3.14. The summed E-state index contributed by atoms with van der Waals surface area (Å²) >= 11 is 0. The zero-order chi connectivity index (χ0) is 18.8. The van der Waals surface area contributed by atoms with Crippen LogP contribution < -0.4 is 10.6 Å². The van der Waals surface area contributed by atoms with Crippen molar-refractivity contribution in [1.82, 2.24) is 10.6 Å². The van der Waals surface area contributed by atoms with E-state index in [1.54, 1.807) is 7.05 Å². The summed E-state index contributed by atoms with van der Waals surface area (Å²) in [6, 6.07) is 6.67. The highest BCUT2D eigenvalue weighted by Crippen LogP contribution is 2.22. The lowest BCUT2D eigenvalue weighted by atomic mass is 9.84. The summed E-state index contributed by atoms with van der Waals surface area (Å²) < 4.78 is 24.3. The number of hydrogen-bond donors (Lipinski definition) is 2. The molecule has 2 N–H and O–H groups in total. The summed E-state index contributed by atoms with van der Waals surface area (Å²) in [5, 5.41) is 6.64. The number of ether oxygens (including phenoxy) is 2. The van der Waals surface area contributed by atoms with Crippen LogP contribution in [0.15, 0.2) is 29.3 Å². The van der Waals surface area contributed by atoms with Gasteiger partial charge >= 0.3 is 0 Å². The standard InChI is InChI=1S/C20H32FN3O2/c1-20(2,16-7-9-17(21)10-8-16)15-24-19(22-3)23-11-5-12-25-14-18-6-4-13-26-18/h7-10,18H,4-6,11-15H2,1-3H3,(H2,22,23,24). The van der Waals surface area contributed by atoms with Crippen molar-refractivity contribution in [1.29, 1.82) is 0 Å². The molecule has 0 aliphatic carbocycles. The highest BCUT2D eigenvalue weighted by Gasteiger charge is 2.21. The molecule has 0 radical (unpaired) electrons. The lowest BCUT2D eigenvalue weighted by Gasteiger charge is -2.26. The zero-order valence-corrected chi connectivity index (χ0v) is 16.2. The van der Waals surface area contributed by atoms with Gasteiger partial charge in [0.25, 0.3) is 0 Å². The molecule has 2 rings (SSSR count). The summed E-state index contributed by atoms with van der Waals surface area (Å²) in [6.07, 6.45) is 3.45. The Balaban J connectivity index is 1.63. The minimum Gasteiger partial charge on any atom is -0.379 e. The van der Waals surface area contributed by atoms with Crippen LogP contribution in [0.4, 0.5) is 4.39 Å². The number of halogens is 1. The molecule has 1 aliphatic rings. The third-order valence-corrected chi connectivity index (χ3v) is 4.63. The van der Waals surface area contributed by atoms with Crippen molar-refractivity contribution in [2.24, 2.45) is 4.99 Å². The van der Waals surface area contributed by atoms with E-state index < -0.39 is 0 Å². The number of aliphatic imine (C=N–C) groups is 1. The second-order valence-corrected chi connectivity index (χ2v) is 7.31. The Bertz CT molecular complexity index is 555. The van der Waals surface area contributed by atoms with E-state index in [2.05, 4.69) is 29.5 Å². The molecular weight excluding hydrogens is 333 g/mol.